The summed E-state index contributed by atoms with van der Waals surface area (Å²) >= 11 is 1.65. The molecule has 29 heavy (non-hydrogen) atoms. The van der Waals surface area contributed by atoms with Gasteiger partial charge in [-0.15, -0.1) is 0 Å². The Morgan fingerprint density at radius 3 is 2.59 bits per heavy atom. The molecule has 6 nitrogen and oxygen atoms in total. The Morgan fingerprint density at radius 1 is 1.21 bits per heavy atom. The van der Waals surface area contributed by atoms with Crippen LogP contribution in [0.3, 0.4) is 0 Å². The van der Waals surface area contributed by atoms with Gasteiger partial charge in [0, 0.05) is 10.8 Å². The Balaban J connectivity index is 1.62. The van der Waals surface area contributed by atoms with Crippen LogP contribution < -0.4 is 10.2 Å². The number of H-pyrrole nitrogens is 1. The Bertz CT molecular complexity index is 1020. The highest BCUT2D eigenvalue weighted by molar-refractivity contribution is 7.99. The minimum atomic E-state index is -0.275. The maximum atomic E-state index is 12.4. The Labute approximate surface area is 175 Å². The molecule has 1 heterocycles. The van der Waals surface area contributed by atoms with E-state index in [2.05, 4.69) is 34.3 Å². The van der Waals surface area contributed by atoms with Crippen LogP contribution >= 0.6 is 11.8 Å². The number of aromatic amines is 1. The Kier molecular flexibility index (Phi) is 6.27. The molecule has 0 aliphatic rings. The van der Waals surface area contributed by atoms with Crippen molar-refractivity contribution >= 4 is 34.9 Å². The van der Waals surface area contributed by atoms with E-state index in [0.717, 1.165) is 27.5 Å². The third-order valence-corrected chi connectivity index (χ3v) is 4.64. The minimum Gasteiger partial charge on any atom is -0.488 e. The molecular weight excluding hydrogens is 384 g/mol. The predicted octanol–water partition coefficient (Wildman–Crippen LogP) is 5.00. The molecule has 0 spiro atoms. The van der Waals surface area contributed by atoms with Crippen molar-refractivity contribution in [1.29, 1.82) is 0 Å². The fourth-order valence-electron chi connectivity index (χ4n) is 2.61. The van der Waals surface area contributed by atoms with Crippen LogP contribution in [0.1, 0.15) is 50.5 Å². The Morgan fingerprint density at radius 2 is 1.93 bits per heavy atom. The van der Waals surface area contributed by atoms with Crippen LogP contribution in [0.25, 0.3) is 11.0 Å². The number of amides is 1. The number of nitrogens with one attached hydrogen (secondary N) is 2. The summed E-state index contributed by atoms with van der Waals surface area (Å²) in [5.74, 6) is 0.519. The highest BCUT2D eigenvalue weighted by atomic mass is 32.2. The summed E-state index contributed by atoms with van der Waals surface area (Å²) in [4.78, 5) is 20.2. The molecule has 2 aromatic carbocycles. The molecule has 3 aromatic rings. The molecule has 1 aromatic heterocycles. The van der Waals surface area contributed by atoms with Gasteiger partial charge >= 0.3 is 0 Å². The summed E-state index contributed by atoms with van der Waals surface area (Å²) < 4.78 is 5.79. The van der Waals surface area contributed by atoms with Gasteiger partial charge in [-0.25, -0.2) is 10.4 Å². The summed E-state index contributed by atoms with van der Waals surface area (Å²) in [5.41, 5.74) is 5.38. The first-order valence-electron chi connectivity index (χ1n) is 9.48. The third-order valence-electron chi connectivity index (χ3n) is 3.75. The number of carbonyl (C=O) groups excluding carboxylic acids is 1. The van der Waals surface area contributed by atoms with E-state index in [1.165, 1.54) is 0 Å². The van der Waals surface area contributed by atoms with E-state index in [4.69, 9.17) is 4.74 Å². The van der Waals surface area contributed by atoms with Crippen LogP contribution in [0.5, 0.6) is 5.75 Å². The van der Waals surface area contributed by atoms with E-state index in [9.17, 15) is 4.79 Å². The molecule has 0 unspecified atom stereocenters. The molecule has 0 aliphatic carbocycles. The monoisotopic (exact) mass is 410 g/mol. The van der Waals surface area contributed by atoms with Crippen molar-refractivity contribution in [2.75, 3.05) is 0 Å². The molecule has 0 aliphatic heterocycles. The first-order valence-corrected chi connectivity index (χ1v) is 10.4. The van der Waals surface area contributed by atoms with E-state index in [-0.39, 0.29) is 11.5 Å². The molecule has 0 radical (unpaired) electrons. The van der Waals surface area contributed by atoms with Crippen LogP contribution in [0, 0.1) is 0 Å². The van der Waals surface area contributed by atoms with Gasteiger partial charge in [-0.2, -0.15) is 5.10 Å². The zero-order chi connectivity index (χ0) is 21.0. The van der Waals surface area contributed by atoms with Crippen molar-refractivity contribution in [3.05, 3.63) is 53.6 Å². The number of rotatable bonds is 6. The van der Waals surface area contributed by atoms with Gasteiger partial charge in [-0.3, -0.25) is 4.79 Å². The van der Waals surface area contributed by atoms with Gasteiger partial charge in [0.1, 0.15) is 11.4 Å². The SMILES string of the molecule is CC(C)Sc1nc2ccc(C(=O)N/N=C\c3ccc(OC(C)(C)C)cc3)cc2[nH]1. The quantitative estimate of drug-likeness (QED) is 0.340. The molecule has 0 fully saturated rings. The van der Waals surface area contributed by atoms with E-state index < -0.39 is 0 Å². The van der Waals surface area contributed by atoms with Gasteiger partial charge in [0.2, 0.25) is 0 Å². The standard InChI is InChI=1S/C22H26N4O2S/c1-14(2)29-21-24-18-11-8-16(12-19(18)25-21)20(27)26-23-13-15-6-9-17(10-7-15)28-22(3,4)5/h6-14H,1-5H3,(H,24,25)(H,26,27)/b23-13-. The van der Waals surface area contributed by atoms with Gasteiger partial charge in [-0.1, -0.05) is 25.6 Å². The summed E-state index contributed by atoms with van der Waals surface area (Å²) in [6, 6.07) is 12.9. The molecule has 0 saturated heterocycles. The smallest absolute Gasteiger partial charge is 0.271 e. The third kappa shape index (κ3) is 6.09. The molecular formula is C22H26N4O2S. The highest BCUT2D eigenvalue weighted by Gasteiger charge is 2.11. The topological polar surface area (TPSA) is 79.4 Å². The predicted molar refractivity (Wildman–Crippen MR) is 119 cm³/mol. The fourth-order valence-corrected chi connectivity index (χ4v) is 3.38. The zero-order valence-corrected chi connectivity index (χ0v) is 18.1. The van der Waals surface area contributed by atoms with Crippen LogP contribution in [0.2, 0.25) is 0 Å². The Hall–Kier alpha value is -2.80. The average Bonchev–Trinajstić information content (AvgIpc) is 3.02. The average molecular weight is 411 g/mol. The first kappa shape index (κ1) is 20.9. The molecule has 0 bridgehead atoms. The molecule has 152 valence electrons. The second-order valence-corrected chi connectivity index (χ2v) is 9.49. The molecule has 7 heteroatoms. The van der Waals surface area contributed by atoms with Crippen LogP contribution in [-0.2, 0) is 0 Å². The van der Waals surface area contributed by atoms with Crippen molar-refractivity contribution in [2.45, 2.75) is 50.6 Å². The summed E-state index contributed by atoms with van der Waals surface area (Å²) in [6.45, 7) is 10.2. The summed E-state index contributed by atoms with van der Waals surface area (Å²) in [6.07, 6.45) is 1.60. The lowest BCUT2D eigenvalue weighted by Gasteiger charge is -2.21. The second-order valence-electron chi connectivity index (χ2n) is 7.92. The number of imidazole rings is 1. The normalized spacial score (nSPS) is 12.1. The summed E-state index contributed by atoms with van der Waals surface area (Å²) in [5, 5.41) is 5.34. The maximum absolute atomic E-state index is 12.4. The number of ether oxygens (including phenoxy) is 1. The number of thioether (sulfide) groups is 1. The zero-order valence-electron chi connectivity index (χ0n) is 17.3. The van der Waals surface area contributed by atoms with Crippen LogP contribution in [-0.4, -0.2) is 32.9 Å². The first-order chi connectivity index (χ1) is 13.7. The molecule has 1 amide bonds. The largest absolute Gasteiger partial charge is 0.488 e. The van der Waals surface area contributed by atoms with Crippen molar-refractivity contribution in [3.63, 3.8) is 0 Å². The summed E-state index contributed by atoms with van der Waals surface area (Å²) in [7, 11) is 0. The van der Waals surface area contributed by atoms with Gasteiger partial charge < -0.3 is 9.72 Å². The number of hydrogen-bond donors (Lipinski definition) is 2. The number of nitrogens with zero attached hydrogens (tertiary/aromatic N) is 2. The van der Waals surface area contributed by atoms with Crippen molar-refractivity contribution in [2.24, 2.45) is 5.10 Å². The minimum absolute atomic E-state index is 0.242. The highest BCUT2D eigenvalue weighted by Crippen LogP contribution is 2.23. The molecule has 0 saturated carbocycles. The van der Waals surface area contributed by atoms with Gasteiger partial charge in [0.15, 0.2) is 5.16 Å². The van der Waals surface area contributed by atoms with Gasteiger partial charge in [0.05, 0.1) is 17.2 Å². The van der Waals surface area contributed by atoms with E-state index >= 15 is 0 Å². The maximum Gasteiger partial charge on any atom is 0.271 e. The number of benzene rings is 2. The number of hydrogen-bond acceptors (Lipinski definition) is 5. The number of aromatic nitrogens is 2. The number of carbonyl (C=O) groups is 1. The van der Waals surface area contributed by atoms with Crippen LogP contribution in [0.4, 0.5) is 0 Å². The molecule has 3 rings (SSSR count). The lowest BCUT2D eigenvalue weighted by atomic mass is 10.2. The molecule has 2 N–H and O–H groups in total. The van der Waals surface area contributed by atoms with Crippen molar-refractivity contribution in [1.82, 2.24) is 15.4 Å². The van der Waals surface area contributed by atoms with E-state index in [1.54, 1.807) is 30.1 Å². The van der Waals surface area contributed by atoms with E-state index in [1.807, 2.05) is 51.1 Å². The van der Waals surface area contributed by atoms with E-state index in [0.29, 0.717) is 10.8 Å². The van der Waals surface area contributed by atoms with Gasteiger partial charge in [-0.05, 0) is 68.8 Å². The van der Waals surface area contributed by atoms with Crippen molar-refractivity contribution < 1.29 is 9.53 Å². The number of fused-ring (bicyclic) bond motifs is 1. The lowest BCUT2D eigenvalue weighted by Crippen LogP contribution is -2.22. The van der Waals surface area contributed by atoms with Crippen LogP contribution in [0.15, 0.2) is 52.7 Å². The fraction of sp³-hybridized carbons (Fsp3) is 0.318. The molecule has 0 atom stereocenters. The number of hydrazone groups is 1. The second kappa shape index (κ2) is 8.69. The lowest BCUT2D eigenvalue weighted by molar-refractivity contribution is 0.0955. The van der Waals surface area contributed by atoms with Crippen molar-refractivity contribution in [3.8, 4) is 5.75 Å². The van der Waals surface area contributed by atoms with Gasteiger partial charge in [0.25, 0.3) is 5.91 Å².